The second kappa shape index (κ2) is 7.63. The number of amides is 1. The number of sulfonamides is 1. The number of primary sulfonamides is 1. The lowest BCUT2D eigenvalue weighted by Gasteiger charge is -2.25. The summed E-state index contributed by atoms with van der Waals surface area (Å²) in [6, 6.07) is 9.58. The molecule has 2 heterocycles. The zero-order valence-corrected chi connectivity index (χ0v) is 16.5. The topological polar surface area (TPSA) is 106 Å². The Morgan fingerprint density at radius 2 is 2.11 bits per heavy atom. The monoisotopic (exact) mass is 405 g/mol. The third kappa shape index (κ3) is 4.44. The molecule has 27 heavy (non-hydrogen) atoms. The van der Waals surface area contributed by atoms with Crippen LogP contribution in [0.2, 0.25) is 0 Å². The van der Waals surface area contributed by atoms with Gasteiger partial charge in [-0.1, -0.05) is 12.1 Å². The van der Waals surface area contributed by atoms with Gasteiger partial charge in [-0.05, 0) is 36.8 Å². The van der Waals surface area contributed by atoms with E-state index in [0.29, 0.717) is 17.0 Å². The quantitative estimate of drug-likeness (QED) is 0.679. The molecule has 3 rings (SSSR count). The molecule has 0 aliphatic rings. The van der Waals surface area contributed by atoms with E-state index in [1.807, 2.05) is 18.4 Å². The molecular formula is C18H19N3O4S2. The molecule has 142 valence electrons. The van der Waals surface area contributed by atoms with Crippen LogP contribution in [0, 0.1) is 0 Å². The van der Waals surface area contributed by atoms with Crippen molar-refractivity contribution in [1.82, 2.24) is 9.88 Å². The van der Waals surface area contributed by atoms with Gasteiger partial charge in [0.25, 0.3) is 0 Å². The molecule has 0 spiro atoms. The first kappa shape index (κ1) is 19.3. The zero-order valence-electron chi connectivity index (χ0n) is 14.8. The van der Waals surface area contributed by atoms with Gasteiger partial charge >= 0.3 is 0 Å². The smallest absolute Gasteiger partial charge is 0.238 e. The molecule has 0 radical (unpaired) electrons. The highest BCUT2D eigenvalue weighted by atomic mass is 32.2. The first-order valence-electron chi connectivity index (χ1n) is 8.12. The van der Waals surface area contributed by atoms with Crippen molar-refractivity contribution in [2.45, 2.75) is 24.3 Å². The fourth-order valence-electron chi connectivity index (χ4n) is 2.57. The minimum absolute atomic E-state index is 0.0234. The highest BCUT2D eigenvalue weighted by molar-refractivity contribution is 7.89. The number of likely N-dealkylation sites (N-methyl/N-ethyl adjacent to an activating group) is 1. The number of hydrogen-bond acceptors (Lipinski definition) is 6. The minimum Gasteiger partial charge on any atom is -0.462 e. The Hall–Kier alpha value is -2.49. The highest BCUT2D eigenvalue weighted by Gasteiger charge is 2.20. The second-order valence-corrected chi connectivity index (χ2v) is 8.52. The van der Waals surface area contributed by atoms with Gasteiger partial charge in [0.15, 0.2) is 10.8 Å². The minimum atomic E-state index is -3.79. The van der Waals surface area contributed by atoms with Crippen LogP contribution in [0.5, 0.6) is 0 Å². The van der Waals surface area contributed by atoms with Gasteiger partial charge in [0, 0.05) is 12.4 Å². The third-order valence-electron chi connectivity index (χ3n) is 4.26. The van der Waals surface area contributed by atoms with Crippen LogP contribution >= 0.6 is 11.3 Å². The van der Waals surface area contributed by atoms with Crippen molar-refractivity contribution in [1.29, 1.82) is 0 Å². The molecule has 0 aliphatic heterocycles. The summed E-state index contributed by atoms with van der Waals surface area (Å²) in [5, 5.41) is 7.73. The van der Waals surface area contributed by atoms with Crippen LogP contribution in [-0.2, 0) is 21.2 Å². The van der Waals surface area contributed by atoms with Crippen molar-refractivity contribution in [3.8, 4) is 10.8 Å². The number of thiazole rings is 1. The second-order valence-electron chi connectivity index (χ2n) is 6.10. The highest BCUT2D eigenvalue weighted by Crippen LogP contribution is 2.25. The Kier molecular flexibility index (Phi) is 5.45. The van der Waals surface area contributed by atoms with Crippen molar-refractivity contribution in [2.75, 3.05) is 7.05 Å². The summed E-state index contributed by atoms with van der Waals surface area (Å²) in [6.45, 7) is 1.83. The number of nitrogens with zero attached hydrogens (tertiary/aromatic N) is 2. The Morgan fingerprint density at radius 3 is 2.78 bits per heavy atom. The summed E-state index contributed by atoms with van der Waals surface area (Å²) in [5.41, 5.74) is 1.35. The average Bonchev–Trinajstić information content (AvgIpc) is 3.31. The first-order chi connectivity index (χ1) is 12.8. The summed E-state index contributed by atoms with van der Waals surface area (Å²) in [4.78, 5) is 18.7. The maximum atomic E-state index is 12.6. The molecule has 7 nitrogen and oxygen atoms in total. The lowest BCUT2D eigenvalue weighted by atomic mass is 10.1. The summed E-state index contributed by atoms with van der Waals surface area (Å²) in [6.07, 6.45) is 1.72. The van der Waals surface area contributed by atoms with Crippen LogP contribution in [0.4, 0.5) is 0 Å². The van der Waals surface area contributed by atoms with Crippen LogP contribution in [0.25, 0.3) is 10.8 Å². The molecule has 1 amide bonds. The fraction of sp³-hybridized carbons (Fsp3) is 0.222. The zero-order chi connectivity index (χ0) is 19.6. The van der Waals surface area contributed by atoms with Crippen molar-refractivity contribution in [2.24, 2.45) is 5.14 Å². The molecule has 2 aromatic heterocycles. The number of furan rings is 1. The molecule has 1 unspecified atom stereocenters. The van der Waals surface area contributed by atoms with Gasteiger partial charge in [0.05, 0.1) is 29.3 Å². The molecule has 1 atom stereocenters. The van der Waals surface area contributed by atoms with E-state index in [-0.39, 0.29) is 23.3 Å². The van der Waals surface area contributed by atoms with E-state index in [0.717, 1.165) is 5.01 Å². The number of rotatable bonds is 6. The summed E-state index contributed by atoms with van der Waals surface area (Å²) in [5.74, 6) is 0.542. The number of hydrogen-bond donors (Lipinski definition) is 1. The number of nitrogens with two attached hydrogens (primary N) is 1. The molecule has 9 heteroatoms. The number of aromatic nitrogens is 1. The van der Waals surface area contributed by atoms with Crippen LogP contribution in [-0.4, -0.2) is 31.3 Å². The average molecular weight is 406 g/mol. The molecule has 3 aromatic rings. The standard InChI is InChI=1S/C18H19N3O4S2/c1-12(13-5-3-6-15(9-13)27(19,23)24)21(2)17(22)10-14-11-26-18(20-14)16-7-4-8-25-16/h3-9,11-12H,10H2,1-2H3,(H2,19,23,24). The normalized spacial score (nSPS) is 12.7. The number of benzene rings is 1. The molecule has 0 aliphatic carbocycles. The number of carbonyl (C=O) groups excluding carboxylic acids is 1. The molecule has 2 N–H and O–H groups in total. The van der Waals surface area contributed by atoms with Gasteiger partial charge in [-0.3, -0.25) is 4.79 Å². The molecular weight excluding hydrogens is 386 g/mol. The van der Waals surface area contributed by atoms with Gasteiger partial charge in [-0.2, -0.15) is 0 Å². The van der Waals surface area contributed by atoms with Gasteiger partial charge < -0.3 is 9.32 Å². The van der Waals surface area contributed by atoms with E-state index in [2.05, 4.69) is 4.98 Å². The predicted octanol–water partition coefficient (Wildman–Crippen LogP) is 2.81. The van der Waals surface area contributed by atoms with Crippen LogP contribution in [0.1, 0.15) is 24.2 Å². The Bertz CT molecular complexity index is 1040. The maximum Gasteiger partial charge on any atom is 0.238 e. The van der Waals surface area contributed by atoms with E-state index >= 15 is 0 Å². The van der Waals surface area contributed by atoms with E-state index < -0.39 is 10.0 Å². The van der Waals surface area contributed by atoms with Gasteiger partial charge in [0.2, 0.25) is 15.9 Å². The van der Waals surface area contributed by atoms with Crippen molar-refractivity contribution >= 4 is 27.3 Å². The van der Waals surface area contributed by atoms with Gasteiger partial charge in [-0.25, -0.2) is 18.5 Å². The van der Waals surface area contributed by atoms with E-state index in [4.69, 9.17) is 9.56 Å². The summed E-state index contributed by atoms with van der Waals surface area (Å²) >= 11 is 1.41. The van der Waals surface area contributed by atoms with Gasteiger partial charge in [0.1, 0.15) is 0 Å². The lowest BCUT2D eigenvalue weighted by molar-refractivity contribution is -0.131. The molecule has 0 fully saturated rings. The Labute approximate surface area is 161 Å². The van der Waals surface area contributed by atoms with Crippen molar-refractivity contribution < 1.29 is 17.6 Å². The molecule has 0 saturated heterocycles. The van der Waals surface area contributed by atoms with E-state index in [1.54, 1.807) is 36.4 Å². The largest absolute Gasteiger partial charge is 0.462 e. The number of carbonyl (C=O) groups is 1. The van der Waals surface area contributed by atoms with Crippen LogP contribution in [0.15, 0.2) is 57.4 Å². The van der Waals surface area contributed by atoms with Crippen molar-refractivity contribution in [3.63, 3.8) is 0 Å². The van der Waals surface area contributed by atoms with Crippen LogP contribution < -0.4 is 5.14 Å². The van der Waals surface area contributed by atoms with Gasteiger partial charge in [-0.15, -0.1) is 11.3 Å². The van der Waals surface area contributed by atoms with Crippen LogP contribution in [0.3, 0.4) is 0 Å². The predicted molar refractivity (Wildman–Crippen MR) is 103 cm³/mol. The Morgan fingerprint density at radius 1 is 1.33 bits per heavy atom. The fourth-order valence-corrected chi connectivity index (χ4v) is 3.93. The summed E-state index contributed by atoms with van der Waals surface area (Å²) < 4.78 is 28.4. The molecule has 0 bridgehead atoms. The molecule has 0 saturated carbocycles. The summed E-state index contributed by atoms with van der Waals surface area (Å²) in [7, 11) is -2.12. The maximum absolute atomic E-state index is 12.6. The SMILES string of the molecule is CC(c1cccc(S(N)(=O)=O)c1)N(C)C(=O)Cc1csc(-c2ccco2)n1. The third-order valence-corrected chi connectivity index (χ3v) is 6.08. The van der Waals surface area contributed by atoms with E-state index in [1.165, 1.54) is 23.5 Å². The Balaban J connectivity index is 1.72. The van der Waals surface area contributed by atoms with E-state index in [9.17, 15) is 13.2 Å². The molecule has 1 aromatic carbocycles. The first-order valence-corrected chi connectivity index (χ1v) is 10.5. The lowest BCUT2D eigenvalue weighted by Crippen LogP contribution is -2.31. The van der Waals surface area contributed by atoms with Crippen molar-refractivity contribution in [3.05, 3.63) is 59.3 Å².